The smallest absolute Gasteiger partial charge is 0.248 e. The van der Waals surface area contributed by atoms with Crippen LogP contribution in [0.25, 0.3) is 0 Å². The number of aromatic nitrogens is 3. The summed E-state index contributed by atoms with van der Waals surface area (Å²) in [6.45, 7) is 6.30. The number of hydrogen-bond acceptors (Lipinski definition) is 6. The maximum absolute atomic E-state index is 13.8. The largest absolute Gasteiger partial charge is 0.391 e. The Morgan fingerprint density at radius 2 is 2.00 bits per heavy atom. The maximum Gasteiger partial charge on any atom is 0.248 e. The van der Waals surface area contributed by atoms with Gasteiger partial charge in [-0.3, -0.25) is 9.59 Å². The van der Waals surface area contributed by atoms with Crippen molar-refractivity contribution in [3.63, 3.8) is 0 Å². The molecule has 0 spiro atoms. The highest BCUT2D eigenvalue weighted by atomic mass is 16.3. The molecule has 180 valence electrons. The lowest BCUT2D eigenvalue weighted by Gasteiger charge is -2.35. The molecule has 1 aromatic heterocycles. The Morgan fingerprint density at radius 3 is 2.61 bits per heavy atom. The summed E-state index contributed by atoms with van der Waals surface area (Å²) in [4.78, 5) is 28.4. The van der Waals surface area contributed by atoms with Gasteiger partial charge in [0.15, 0.2) is 0 Å². The number of likely N-dealkylation sites (tertiary alicyclic amines) is 1. The zero-order chi connectivity index (χ0) is 23.8. The average molecular weight is 457 g/mol. The van der Waals surface area contributed by atoms with E-state index in [0.717, 1.165) is 50.6 Å². The van der Waals surface area contributed by atoms with E-state index < -0.39 is 29.0 Å². The summed E-state index contributed by atoms with van der Waals surface area (Å²) in [6.07, 6.45) is 8.13. The molecule has 9 heteroatoms. The second-order valence-corrected chi connectivity index (χ2v) is 11.2. The van der Waals surface area contributed by atoms with Gasteiger partial charge in [-0.25, -0.2) is 4.68 Å². The Bertz CT molecular complexity index is 919. The minimum absolute atomic E-state index is 0.108. The lowest BCUT2D eigenvalue weighted by molar-refractivity contribution is -0.144. The highest BCUT2D eigenvalue weighted by Gasteiger charge is 2.46. The van der Waals surface area contributed by atoms with Crippen molar-refractivity contribution in [2.75, 3.05) is 13.1 Å². The van der Waals surface area contributed by atoms with Crippen LogP contribution in [0.4, 0.5) is 0 Å². The molecule has 3 aliphatic rings. The molecule has 3 fully saturated rings. The third-order valence-corrected chi connectivity index (χ3v) is 7.36. The average Bonchev–Trinajstić information content (AvgIpc) is 3.39. The SMILES string of the molecule is CC(C)(C)[C@@H](C(=O)N1C[C@H](O)C[C@H]1C(=O)NCC1(C#N)CCCCC1)n1cc(C2CC2)nn1. The number of nitriles is 1. The minimum atomic E-state index is -0.761. The van der Waals surface area contributed by atoms with Crippen LogP contribution in [-0.2, 0) is 9.59 Å². The molecule has 0 radical (unpaired) electrons. The van der Waals surface area contributed by atoms with Crippen LogP contribution in [0.1, 0.15) is 89.8 Å². The van der Waals surface area contributed by atoms with E-state index in [2.05, 4.69) is 21.7 Å². The monoisotopic (exact) mass is 456 g/mol. The zero-order valence-electron chi connectivity index (χ0n) is 20.0. The van der Waals surface area contributed by atoms with Crippen molar-refractivity contribution in [2.45, 2.75) is 96.2 Å². The predicted molar refractivity (Wildman–Crippen MR) is 121 cm³/mol. The van der Waals surface area contributed by atoms with Crippen LogP contribution in [0.3, 0.4) is 0 Å². The number of carbonyl (C=O) groups is 2. The van der Waals surface area contributed by atoms with Crippen molar-refractivity contribution < 1.29 is 14.7 Å². The highest BCUT2D eigenvalue weighted by molar-refractivity contribution is 5.90. The summed E-state index contributed by atoms with van der Waals surface area (Å²) in [5.74, 6) is -0.113. The molecular formula is C24H36N6O3. The Kier molecular flexibility index (Phi) is 6.50. The number of nitrogens with one attached hydrogen (secondary N) is 1. The van der Waals surface area contributed by atoms with Gasteiger partial charge in [0.25, 0.3) is 0 Å². The summed E-state index contributed by atoms with van der Waals surface area (Å²) in [6, 6.07) is 1.02. The molecular weight excluding hydrogens is 420 g/mol. The quantitative estimate of drug-likeness (QED) is 0.677. The number of aliphatic hydroxyl groups excluding tert-OH is 1. The summed E-state index contributed by atoms with van der Waals surface area (Å²) in [7, 11) is 0. The third-order valence-electron chi connectivity index (χ3n) is 7.36. The Morgan fingerprint density at radius 1 is 1.30 bits per heavy atom. The third kappa shape index (κ3) is 5.06. The molecule has 2 saturated carbocycles. The second-order valence-electron chi connectivity index (χ2n) is 11.2. The van der Waals surface area contributed by atoms with E-state index in [1.807, 2.05) is 27.0 Å². The standard InChI is InChI=1S/C24H36N6O3/c1-23(2,3)20(30-13-18(27-28-30)16-7-8-16)22(33)29-12-17(31)11-19(29)21(32)26-15-24(14-25)9-5-4-6-10-24/h13,16-17,19-20,31H,4-12,15H2,1-3H3,(H,26,32)/t17-,19+,20-/m1/s1. The van der Waals surface area contributed by atoms with Gasteiger partial charge in [0.2, 0.25) is 11.8 Å². The Hall–Kier alpha value is -2.47. The van der Waals surface area contributed by atoms with E-state index in [0.29, 0.717) is 5.92 Å². The van der Waals surface area contributed by atoms with Crippen LogP contribution in [0.5, 0.6) is 0 Å². The Balaban J connectivity index is 1.50. The van der Waals surface area contributed by atoms with E-state index in [-0.39, 0.29) is 31.3 Å². The van der Waals surface area contributed by atoms with Gasteiger partial charge in [0, 0.05) is 31.6 Å². The van der Waals surface area contributed by atoms with Crippen molar-refractivity contribution in [1.82, 2.24) is 25.2 Å². The molecule has 2 heterocycles. The molecule has 0 aromatic carbocycles. The first-order valence-corrected chi connectivity index (χ1v) is 12.2. The van der Waals surface area contributed by atoms with Crippen LogP contribution in [0.15, 0.2) is 6.20 Å². The van der Waals surface area contributed by atoms with Gasteiger partial charge in [-0.1, -0.05) is 45.2 Å². The fourth-order valence-corrected chi connectivity index (χ4v) is 5.26. The lowest BCUT2D eigenvalue weighted by Crippen LogP contribution is -2.51. The lowest BCUT2D eigenvalue weighted by atomic mass is 9.75. The first-order valence-electron chi connectivity index (χ1n) is 12.2. The molecule has 9 nitrogen and oxygen atoms in total. The van der Waals surface area contributed by atoms with Gasteiger partial charge in [-0.05, 0) is 31.1 Å². The summed E-state index contributed by atoms with van der Waals surface area (Å²) in [5, 5.41) is 31.5. The topological polar surface area (TPSA) is 124 Å². The van der Waals surface area contributed by atoms with E-state index in [9.17, 15) is 20.0 Å². The molecule has 3 atom stereocenters. The van der Waals surface area contributed by atoms with Crippen molar-refractivity contribution in [3.05, 3.63) is 11.9 Å². The van der Waals surface area contributed by atoms with Gasteiger partial charge in [0.1, 0.15) is 12.1 Å². The predicted octanol–water partition coefficient (Wildman–Crippen LogP) is 2.29. The number of carbonyl (C=O) groups excluding carboxylic acids is 2. The van der Waals surface area contributed by atoms with Crippen LogP contribution in [-0.4, -0.2) is 62.0 Å². The molecule has 33 heavy (non-hydrogen) atoms. The molecule has 2 aliphatic carbocycles. The first kappa shape index (κ1) is 23.7. The van der Waals surface area contributed by atoms with E-state index in [1.54, 1.807) is 4.68 Å². The summed E-state index contributed by atoms with van der Waals surface area (Å²) in [5.41, 5.74) is -0.0943. The number of amides is 2. The highest BCUT2D eigenvalue weighted by Crippen LogP contribution is 2.40. The number of hydrogen-bond donors (Lipinski definition) is 2. The van der Waals surface area contributed by atoms with Crippen LogP contribution >= 0.6 is 0 Å². The summed E-state index contributed by atoms with van der Waals surface area (Å²) < 4.78 is 1.63. The number of nitrogens with zero attached hydrogens (tertiary/aromatic N) is 5. The van der Waals surface area contributed by atoms with E-state index >= 15 is 0 Å². The molecule has 1 aromatic rings. The molecule has 4 rings (SSSR count). The van der Waals surface area contributed by atoms with Crippen molar-refractivity contribution >= 4 is 11.8 Å². The number of β-amino-alcohol motifs (C(OH)–C–C–N with tert-alkyl or cyclic N) is 1. The van der Waals surface area contributed by atoms with Crippen LogP contribution in [0, 0.1) is 22.2 Å². The van der Waals surface area contributed by atoms with Gasteiger partial charge >= 0.3 is 0 Å². The summed E-state index contributed by atoms with van der Waals surface area (Å²) >= 11 is 0. The molecule has 1 aliphatic heterocycles. The second kappa shape index (κ2) is 9.05. The minimum Gasteiger partial charge on any atom is -0.391 e. The molecule has 2 amide bonds. The number of rotatable bonds is 6. The van der Waals surface area contributed by atoms with Crippen molar-refractivity contribution in [1.29, 1.82) is 5.26 Å². The van der Waals surface area contributed by atoms with E-state index in [1.165, 1.54) is 4.90 Å². The molecule has 0 unspecified atom stereocenters. The van der Waals surface area contributed by atoms with Gasteiger partial charge in [0.05, 0.1) is 23.3 Å². The van der Waals surface area contributed by atoms with Crippen LogP contribution < -0.4 is 5.32 Å². The molecule has 0 bridgehead atoms. The van der Waals surface area contributed by atoms with Gasteiger partial charge < -0.3 is 15.3 Å². The number of aliphatic hydroxyl groups is 1. The first-order chi connectivity index (χ1) is 15.6. The van der Waals surface area contributed by atoms with E-state index in [4.69, 9.17) is 0 Å². The van der Waals surface area contributed by atoms with Gasteiger partial charge in [-0.2, -0.15) is 5.26 Å². The Labute approximate surface area is 195 Å². The van der Waals surface area contributed by atoms with Gasteiger partial charge in [-0.15, -0.1) is 5.10 Å². The van der Waals surface area contributed by atoms with Crippen molar-refractivity contribution in [2.24, 2.45) is 10.8 Å². The fraction of sp³-hybridized carbons (Fsp3) is 0.792. The maximum atomic E-state index is 13.8. The van der Waals surface area contributed by atoms with Crippen LogP contribution in [0.2, 0.25) is 0 Å². The zero-order valence-corrected chi connectivity index (χ0v) is 20.0. The fourth-order valence-electron chi connectivity index (χ4n) is 5.26. The molecule has 1 saturated heterocycles. The molecule has 2 N–H and O–H groups in total. The normalized spacial score (nSPS) is 26.0. The van der Waals surface area contributed by atoms with Crippen molar-refractivity contribution in [3.8, 4) is 6.07 Å².